The predicted molar refractivity (Wildman–Crippen MR) is 133 cm³/mol. The summed E-state index contributed by atoms with van der Waals surface area (Å²) in [7, 11) is -3.47. The van der Waals surface area contributed by atoms with E-state index < -0.39 is 15.3 Å². The number of amides is 1. The van der Waals surface area contributed by atoms with E-state index in [1.165, 1.54) is 16.1 Å². The Bertz CT molecular complexity index is 1220. The van der Waals surface area contributed by atoms with Crippen LogP contribution in [0.15, 0.2) is 64.6 Å². The molecule has 34 heavy (non-hydrogen) atoms. The molecule has 1 unspecified atom stereocenters. The molecule has 2 aromatic carbocycles. The van der Waals surface area contributed by atoms with E-state index in [1.807, 2.05) is 36.6 Å². The predicted octanol–water partition coefficient (Wildman–Crippen LogP) is 3.79. The fourth-order valence-electron chi connectivity index (χ4n) is 3.88. The van der Waals surface area contributed by atoms with E-state index in [4.69, 9.17) is 0 Å². The normalized spacial score (nSPS) is 15.4. The average molecular weight is 500 g/mol. The molecule has 1 aliphatic heterocycles. The molecule has 1 fully saturated rings. The van der Waals surface area contributed by atoms with Crippen LogP contribution in [0, 0.1) is 0 Å². The summed E-state index contributed by atoms with van der Waals surface area (Å²) in [6.45, 7) is 5.68. The number of hydrogen-bond donors (Lipinski definition) is 1. The maximum Gasteiger partial charge on any atom is 0.243 e. The highest BCUT2D eigenvalue weighted by molar-refractivity contribution is 8.00. The molecule has 10 heteroatoms. The van der Waals surface area contributed by atoms with E-state index in [9.17, 15) is 13.2 Å². The number of carbonyl (C=O) groups is 1. The van der Waals surface area contributed by atoms with Crippen molar-refractivity contribution in [1.82, 2.24) is 19.1 Å². The van der Waals surface area contributed by atoms with Gasteiger partial charge in [-0.2, -0.15) is 4.31 Å². The Kier molecular flexibility index (Phi) is 7.70. The molecule has 1 atom stereocenters. The molecule has 4 rings (SSSR count). The molecular weight excluding hydrogens is 470 g/mol. The Morgan fingerprint density at radius 1 is 1.06 bits per heavy atom. The lowest BCUT2D eigenvalue weighted by atomic mass is 10.1. The monoisotopic (exact) mass is 499 g/mol. The molecule has 0 saturated carbocycles. The number of rotatable bonds is 9. The number of anilines is 1. The average Bonchev–Trinajstić information content (AvgIpc) is 3.51. The van der Waals surface area contributed by atoms with E-state index in [0.29, 0.717) is 36.9 Å². The van der Waals surface area contributed by atoms with Gasteiger partial charge in [0.05, 0.1) is 10.1 Å². The molecule has 0 spiro atoms. The Labute approximate surface area is 204 Å². The molecule has 1 aliphatic rings. The lowest BCUT2D eigenvalue weighted by molar-refractivity contribution is -0.115. The number of nitrogens with one attached hydrogen (secondary N) is 1. The number of benzene rings is 2. The standard InChI is InChI=1S/C24H29N5O3S2/c1-3-29-22(17-19-9-5-4-6-10-19)26-27-24(29)33-18(2)23(30)25-20-11-13-21(14-12-20)34(31,32)28-15-7-8-16-28/h4-6,9-14,18H,3,7-8,15-17H2,1-2H3,(H,25,30). The van der Waals surface area contributed by atoms with Crippen molar-refractivity contribution in [2.45, 2.75) is 55.0 Å². The third-order valence-electron chi connectivity index (χ3n) is 5.79. The molecule has 0 aliphatic carbocycles. The van der Waals surface area contributed by atoms with Crippen LogP contribution in [0.25, 0.3) is 0 Å². The van der Waals surface area contributed by atoms with Crippen LogP contribution in [0.1, 0.15) is 38.1 Å². The van der Waals surface area contributed by atoms with Crippen LogP contribution >= 0.6 is 11.8 Å². The van der Waals surface area contributed by atoms with Crippen LogP contribution in [-0.2, 0) is 27.8 Å². The minimum absolute atomic E-state index is 0.185. The largest absolute Gasteiger partial charge is 0.325 e. The maximum atomic E-state index is 12.8. The Balaban J connectivity index is 1.38. The summed E-state index contributed by atoms with van der Waals surface area (Å²) >= 11 is 1.35. The minimum Gasteiger partial charge on any atom is -0.325 e. The molecule has 0 radical (unpaired) electrons. The summed E-state index contributed by atoms with van der Waals surface area (Å²) in [5, 5.41) is 11.8. The third-order valence-corrected chi connectivity index (χ3v) is 8.78. The quantitative estimate of drug-likeness (QED) is 0.450. The first-order valence-corrected chi connectivity index (χ1v) is 13.7. The zero-order valence-electron chi connectivity index (χ0n) is 19.3. The van der Waals surface area contributed by atoms with Gasteiger partial charge < -0.3 is 9.88 Å². The maximum absolute atomic E-state index is 12.8. The molecule has 1 aromatic heterocycles. The SMILES string of the molecule is CCn1c(Cc2ccccc2)nnc1SC(C)C(=O)Nc1ccc(S(=O)(=O)N2CCCC2)cc1. The van der Waals surface area contributed by atoms with Gasteiger partial charge in [-0.05, 0) is 56.5 Å². The molecule has 3 aromatic rings. The van der Waals surface area contributed by atoms with Crippen molar-refractivity contribution < 1.29 is 13.2 Å². The Morgan fingerprint density at radius 2 is 1.74 bits per heavy atom. The molecule has 2 heterocycles. The van der Waals surface area contributed by atoms with Gasteiger partial charge in [0.2, 0.25) is 15.9 Å². The summed E-state index contributed by atoms with van der Waals surface area (Å²) in [6.07, 6.45) is 2.46. The first-order chi connectivity index (χ1) is 16.4. The van der Waals surface area contributed by atoms with Crippen molar-refractivity contribution in [2.75, 3.05) is 18.4 Å². The second-order valence-electron chi connectivity index (χ2n) is 8.19. The lowest BCUT2D eigenvalue weighted by Gasteiger charge is -2.16. The van der Waals surface area contributed by atoms with Crippen molar-refractivity contribution in [3.05, 3.63) is 66.0 Å². The number of hydrogen-bond acceptors (Lipinski definition) is 6. The summed E-state index contributed by atoms with van der Waals surface area (Å²) in [4.78, 5) is 13.0. The highest BCUT2D eigenvalue weighted by Gasteiger charge is 2.27. The second-order valence-corrected chi connectivity index (χ2v) is 11.4. The van der Waals surface area contributed by atoms with Crippen molar-refractivity contribution in [3.8, 4) is 0 Å². The van der Waals surface area contributed by atoms with E-state index in [0.717, 1.165) is 24.2 Å². The molecule has 1 N–H and O–H groups in total. The highest BCUT2D eigenvalue weighted by atomic mass is 32.2. The molecule has 1 saturated heterocycles. The summed E-state index contributed by atoms with van der Waals surface area (Å²) in [6, 6.07) is 16.4. The zero-order valence-corrected chi connectivity index (χ0v) is 21.0. The molecule has 0 bridgehead atoms. The van der Waals surface area contributed by atoms with Gasteiger partial charge >= 0.3 is 0 Å². The van der Waals surface area contributed by atoms with Crippen molar-refractivity contribution in [2.24, 2.45) is 0 Å². The summed E-state index contributed by atoms with van der Waals surface area (Å²) in [5.41, 5.74) is 1.71. The number of thioether (sulfide) groups is 1. The number of carbonyl (C=O) groups excluding carboxylic acids is 1. The first kappa shape index (κ1) is 24.4. The van der Waals surface area contributed by atoms with E-state index in [-0.39, 0.29) is 10.8 Å². The summed E-state index contributed by atoms with van der Waals surface area (Å²) < 4.78 is 28.9. The van der Waals surface area contributed by atoms with Gasteiger partial charge in [0.15, 0.2) is 5.16 Å². The van der Waals surface area contributed by atoms with Gasteiger partial charge in [-0.25, -0.2) is 8.42 Å². The van der Waals surface area contributed by atoms with Gasteiger partial charge in [0.1, 0.15) is 5.82 Å². The molecular formula is C24H29N5O3S2. The molecule has 8 nitrogen and oxygen atoms in total. The van der Waals surface area contributed by atoms with Gasteiger partial charge in [-0.1, -0.05) is 42.1 Å². The topological polar surface area (TPSA) is 97.2 Å². The first-order valence-electron chi connectivity index (χ1n) is 11.4. The number of sulfonamides is 1. The third kappa shape index (κ3) is 5.51. The van der Waals surface area contributed by atoms with Crippen molar-refractivity contribution in [1.29, 1.82) is 0 Å². The fraction of sp³-hybridized carbons (Fsp3) is 0.375. The molecule has 1 amide bonds. The van der Waals surface area contributed by atoms with Gasteiger partial charge in [-0.15, -0.1) is 10.2 Å². The van der Waals surface area contributed by atoms with Crippen LogP contribution < -0.4 is 5.32 Å². The van der Waals surface area contributed by atoms with Gasteiger partial charge in [-0.3, -0.25) is 4.79 Å². The zero-order chi connectivity index (χ0) is 24.1. The van der Waals surface area contributed by atoms with E-state index in [2.05, 4.69) is 27.6 Å². The van der Waals surface area contributed by atoms with Crippen molar-refractivity contribution >= 4 is 33.4 Å². The van der Waals surface area contributed by atoms with Crippen LogP contribution in [0.5, 0.6) is 0 Å². The summed E-state index contributed by atoms with van der Waals surface area (Å²) in [5.74, 6) is 0.675. The van der Waals surface area contributed by atoms with Crippen LogP contribution in [0.4, 0.5) is 5.69 Å². The molecule has 180 valence electrons. The highest BCUT2D eigenvalue weighted by Crippen LogP contribution is 2.26. The van der Waals surface area contributed by atoms with Gasteiger partial charge in [0.25, 0.3) is 0 Å². The van der Waals surface area contributed by atoms with Crippen LogP contribution in [-0.4, -0.2) is 51.7 Å². The second kappa shape index (κ2) is 10.7. The van der Waals surface area contributed by atoms with Crippen LogP contribution in [0.3, 0.4) is 0 Å². The smallest absolute Gasteiger partial charge is 0.243 e. The lowest BCUT2D eigenvalue weighted by Crippen LogP contribution is -2.27. The van der Waals surface area contributed by atoms with Crippen LogP contribution in [0.2, 0.25) is 0 Å². The van der Waals surface area contributed by atoms with Gasteiger partial charge in [0, 0.05) is 31.7 Å². The Morgan fingerprint density at radius 3 is 2.38 bits per heavy atom. The Hall–Kier alpha value is -2.69. The minimum atomic E-state index is -3.47. The van der Waals surface area contributed by atoms with E-state index in [1.54, 1.807) is 24.3 Å². The fourth-order valence-corrected chi connectivity index (χ4v) is 6.33. The number of aromatic nitrogens is 3. The van der Waals surface area contributed by atoms with Crippen molar-refractivity contribution in [3.63, 3.8) is 0 Å². The number of nitrogens with zero attached hydrogens (tertiary/aromatic N) is 4. The van der Waals surface area contributed by atoms with E-state index >= 15 is 0 Å².